The van der Waals surface area contributed by atoms with Gasteiger partial charge in [0.2, 0.25) is 5.91 Å². The Morgan fingerprint density at radius 2 is 1.84 bits per heavy atom. The summed E-state index contributed by atoms with van der Waals surface area (Å²) < 4.78 is 0. The van der Waals surface area contributed by atoms with Crippen molar-refractivity contribution >= 4 is 5.91 Å². The summed E-state index contributed by atoms with van der Waals surface area (Å²) in [6, 6.07) is 0. The standard InChI is InChI=1S/C15H30N2O2/c1-2-3-4-5-6-7-9-16-10-8-11-17-13-14(18)12-15(17)19/h14,16,18H,2-13H2,1H3. The summed E-state index contributed by atoms with van der Waals surface area (Å²) in [6.45, 7) is 5.60. The van der Waals surface area contributed by atoms with Crippen LogP contribution in [0.1, 0.15) is 58.3 Å². The average molecular weight is 270 g/mol. The molecule has 1 aliphatic heterocycles. The monoisotopic (exact) mass is 270 g/mol. The molecule has 0 aliphatic carbocycles. The zero-order valence-corrected chi connectivity index (χ0v) is 12.4. The van der Waals surface area contributed by atoms with E-state index in [1.807, 2.05) is 0 Å². The summed E-state index contributed by atoms with van der Waals surface area (Å²) >= 11 is 0. The van der Waals surface area contributed by atoms with E-state index in [1.165, 1.54) is 38.5 Å². The number of hydrogen-bond donors (Lipinski definition) is 2. The maximum atomic E-state index is 11.4. The third-order valence-corrected chi connectivity index (χ3v) is 3.68. The zero-order chi connectivity index (χ0) is 13.9. The van der Waals surface area contributed by atoms with E-state index in [-0.39, 0.29) is 5.91 Å². The van der Waals surface area contributed by atoms with Crippen molar-refractivity contribution in [3.63, 3.8) is 0 Å². The van der Waals surface area contributed by atoms with Gasteiger partial charge in [0.1, 0.15) is 0 Å². The molecule has 1 fully saturated rings. The van der Waals surface area contributed by atoms with E-state index in [4.69, 9.17) is 0 Å². The van der Waals surface area contributed by atoms with Crippen LogP contribution in [-0.2, 0) is 4.79 Å². The number of aliphatic hydroxyl groups is 1. The lowest BCUT2D eigenvalue weighted by Gasteiger charge is -2.15. The molecule has 4 nitrogen and oxygen atoms in total. The molecule has 19 heavy (non-hydrogen) atoms. The number of carbonyl (C=O) groups excluding carboxylic acids is 1. The number of likely N-dealkylation sites (tertiary alicyclic amines) is 1. The smallest absolute Gasteiger partial charge is 0.225 e. The predicted molar refractivity (Wildman–Crippen MR) is 78.1 cm³/mol. The zero-order valence-electron chi connectivity index (χ0n) is 12.4. The Hall–Kier alpha value is -0.610. The van der Waals surface area contributed by atoms with Crippen molar-refractivity contribution < 1.29 is 9.90 Å². The number of carbonyl (C=O) groups is 1. The summed E-state index contributed by atoms with van der Waals surface area (Å²) in [7, 11) is 0. The Balaban J connectivity index is 1.82. The second-order valence-corrected chi connectivity index (χ2v) is 5.57. The minimum atomic E-state index is -0.441. The van der Waals surface area contributed by atoms with E-state index < -0.39 is 6.10 Å². The molecule has 0 aromatic rings. The van der Waals surface area contributed by atoms with Gasteiger partial charge in [0, 0.05) is 13.1 Å². The molecule has 112 valence electrons. The normalized spacial score (nSPS) is 19.4. The Bertz CT molecular complexity index is 246. The first kappa shape index (κ1) is 16.4. The molecule has 0 spiro atoms. The van der Waals surface area contributed by atoms with Crippen LogP contribution >= 0.6 is 0 Å². The molecule has 0 aromatic heterocycles. The van der Waals surface area contributed by atoms with Gasteiger partial charge < -0.3 is 15.3 Å². The summed E-state index contributed by atoms with van der Waals surface area (Å²) in [5.74, 6) is 0.100. The highest BCUT2D eigenvalue weighted by Gasteiger charge is 2.26. The Labute approximate surface area is 117 Å². The number of β-amino-alcohol motifs (C(OH)–C–C–N with tert-alkyl or cyclic N) is 1. The van der Waals surface area contributed by atoms with Crippen molar-refractivity contribution in [1.29, 1.82) is 0 Å². The highest BCUT2D eigenvalue weighted by atomic mass is 16.3. The number of nitrogens with one attached hydrogen (secondary N) is 1. The molecule has 1 aliphatic rings. The summed E-state index contributed by atoms with van der Waals surface area (Å²) in [6.07, 6.45) is 8.83. The van der Waals surface area contributed by atoms with E-state index in [2.05, 4.69) is 12.2 Å². The molecule has 0 aromatic carbocycles. The van der Waals surface area contributed by atoms with Crippen molar-refractivity contribution in [2.75, 3.05) is 26.2 Å². The number of amides is 1. The van der Waals surface area contributed by atoms with Crippen molar-refractivity contribution in [1.82, 2.24) is 10.2 Å². The van der Waals surface area contributed by atoms with E-state index in [0.29, 0.717) is 13.0 Å². The SMILES string of the molecule is CCCCCCCCNCCCN1CC(O)CC1=O. The van der Waals surface area contributed by atoms with Gasteiger partial charge in [0.15, 0.2) is 0 Å². The maximum Gasteiger partial charge on any atom is 0.225 e. The van der Waals surface area contributed by atoms with Gasteiger partial charge in [0.25, 0.3) is 0 Å². The molecule has 1 amide bonds. The van der Waals surface area contributed by atoms with E-state index >= 15 is 0 Å². The molecule has 1 rings (SSSR count). The fourth-order valence-electron chi connectivity index (χ4n) is 2.52. The topological polar surface area (TPSA) is 52.6 Å². The van der Waals surface area contributed by atoms with Gasteiger partial charge >= 0.3 is 0 Å². The molecule has 0 bridgehead atoms. The van der Waals surface area contributed by atoms with Crippen LogP contribution in [0.15, 0.2) is 0 Å². The van der Waals surface area contributed by atoms with Crippen LogP contribution in [0.4, 0.5) is 0 Å². The van der Waals surface area contributed by atoms with Crippen LogP contribution in [-0.4, -0.2) is 48.2 Å². The number of unbranched alkanes of at least 4 members (excludes halogenated alkanes) is 5. The summed E-state index contributed by atoms with van der Waals surface area (Å²) in [4.78, 5) is 13.2. The number of rotatable bonds is 11. The van der Waals surface area contributed by atoms with Crippen LogP contribution in [0.3, 0.4) is 0 Å². The molecule has 1 saturated heterocycles. The number of hydrogen-bond acceptors (Lipinski definition) is 3. The molecule has 4 heteroatoms. The fourth-order valence-corrected chi connectivity index (χ4v) is 2.52. The van der Waals surface area contributed by atoms with Crippen LogP contribution in [0.5, 0.6) is 0 Å². The van der Waals surface area contributed by atoms with Crippen molar-refractivity contribution in [3.05, 3.63) is 0 Å². The molecule has 1 atom stereocenters. The van der Waals surface area contributed by atoms with Gasteiger partial charge in [-0.1, -0.05) is 39.0 Å². The van der Waals surface area contributed by atoms with Crippen molar-refractivity contribution in [3.8, 4) is 0 Å². The summed E-state index contributed by atoms with van der Waals surface area (Å²) in [5, 5.41) is 12.8. The molecule has 1 unspecified atom stereocenters. The molecule has 0 saturated carbocycles. The van der Waals surface area contributed by atoms with Crippen LogP contribution in [0.2, 0.25) is 0 Å². The quantitative estimate of drug-likeness (QED) is 0.564. The molecule has 1 heterocycles. The first-order valence-corrected chi connectivity index (χ1v) is 7.90. The Morgan fingerprint density at radius 1 is 1.16 bits per heavy atom. The first-order chi connectivity index (χ1) is 9.24. The van der Waals surface area contributed by atoms with Crippen LogP contribution < -0.4 is 5.32 Å². The molecular formula is C15H30N2O2. The highest BCUT2D eigenvalue weighted by molar-refractivity contribution is 5.78. The largest absolute Gasteiger partial charge is 0.391 e. The lowest BCUT2D eigenvalue weighted by Crippen LogP contribution is -2.29. The lowest BCUT2D eigenvalue weighted by atomic mass is 10.1. The van der Waals surface area contributed by atoms with E-state index in [0.717, 1.165) is 26.1 Å². The molecule has 2 N–H and O–H groups in total. The van der Waals surface area contributed by atoms with Gasteiger partial charge in [-0.25, -0.2) is 0 Å². The molecular weight excluding hydrogens is 240 g/mol. The fraction of sp³-hybridized carbons (Fsp3) is 0.933. The lowest BCUT2D eigenvalue weighted by molar-refractivity contribution is -0.127. The second-order valence-electron chi connectivity index (χ2n) is 5.57. The average Bonchev–Trinajstić information content (AvgIpc) is 2.70. The molecule has 0 radical (unpaired) electrons. The van der Waals surface area contributed by atoms with Crippen LogP contribution in [0, 0.1) is 0 Å². The van der Waals surface area contributed by atoms with Crippen molar-refractivity contribution in [2.24, 2.45) is 0 Å². The van der Waals surface area contributed by atoms with Gasteiger partial charge in [-0.2, -0.15) is 0 Å². The second kappa shape index (κ2) is 10.2. The Kier molecular flexibility index (Phi) is 8.84. The van der Waals surface area contributed by atoms with E-state index in [1.54, 1.807) is 4.90 Å². The summed E-state index contributed by atoms with van der Waals surface area (Å²) in [5.41, 5.74) is 0. The third-order valence-electron chi connectivity index (χ3n) is 3.68. The van der Waals surface area contributed by atoms with Gasteiger partial charge in [0.05, 0.1) is 12.5 Å². The van der Waals surface area contributed by atoms with Crippen molar-refractivity contribution in [2.45, 2.75) is 64.4 Å². The maximum absolute atomic E-state index is 11.4. The third kappa shape index (κ3) is 7.53. The van der Waals surface area contributed by atoms with Gasteiger partial charge in [-0.3, -0.25) is 4.79 Å². The highest BCUT2D eigenvalue weighted by Crippen LogP contribution is 2.10. The van der Waals surface area contributed by atoms with Crippen LogP contribution in [0.25, 0.3) is 0 Å². The number of aliphatic hydroxyl groups excluding tert-OH is 1. The number of nitrogens with zero attached hydrogens (tertiary/aromatic N) is 1. The minimum absolute atomic E-state index is 0.100. The van der Waals surface area contributed by atoms with Gasteiger partial charge in [-0.05, 0) is 25.9 Å². The Morgan fingerprint density at radius 3 is 2.53 bits per heavy atom. The first-order valence-electron chi connectivity index (χ1n) is 7.90. The minimum Gasteiger partial charge on any atom is -0.391 e. The van der Waals surface area contributed by atoms with E-state index in [9.17, 15) is 9.90 Å². The van der Waals surface area contributed by atoms with Gasteiger partial charge in [-0.15, -0.1) is 0 Å². The predicted octanol–water partition coefficient (Wildman–Crippen LogP) is 1.92.